The Morgan fingerprint density at radius 2 is 1.86 bits per heavy atom. The van der Waals surface area contributed by atoms with E-state index in [0.29, 0.717) is 17.2 Å². The maximum absolute atomic E-state index is 12.6. The van der Waals surface area contributed by atoms with E-state index in [1.807, 2.05) is 4.68 Å². The second kappa shape index (κ2) is 5.66. The van der Waals surface area contributed by atoms with Crippen LogP contribution in [0.5, 0.6) is 5.75 Å². The van der Waals surface area contributed by atoms with Gasteiger partial charge < -0.3 is 5.11 Å². The molecule has 1 aromatic heterocycles. The van der Waals surface area contributed by atoms with Crippen molar-refractivity contribution in [2.75, 3.05) is 0 Å². The van der Waals surface area contributed by atoms with Gasteiger partial charge in [-0.25, -0.2) is 0 Å². The highest BCUT2D eigenvalue weighted by molar-refractivity contribution is 5.69. The van der Waals surface area contributed by atoms with Crippen LogP contribution in [-0.4, -0.2) is 14.9 Å². The highest BCUT2D eigenvalue weighted by Gasteiger charge is 2.31. The zero-order chi connectivity index (χ0) is 15.7. The molecule has 1 aliphatic carbocycles. The lowest BCUT2D eigenvalue weighted by Crippen LogP contribution is -2.12. The summed E-state index contributed by atoms with van der Waals surface area (Å²) in [5.41, 5.74) is 0.153. The summed E-state index contributed by atoms with van der Waals surface area (Å²) in [5, 5.41) is 14.2. The van der Waals surface area contributed by atoms with Gasteiger partial charge in [-0.05, 0) is 31.0 Å². The van der Waals surface area contributed by atoms with Crippen LogP contribution in [0.15, 0.2) is 30.6 Å². The Hall–Kier alpha value is -1.98. The maximum atomic E-state index is 12.6. The van der Waals surface area contributed by atoms with Gasteiger partial charge in [0.05, 0.1) is 17.8 Å². The minimum Gasteiger partial charge on any atom is -0.507 e. The molecule has 3 nitrogen and oxygen atoms in total. The van der Waals surface area contributed by atoms with Crippen molar-refractivity contribution < 1.29 is 18.3 Å². The molecule has 0 unspecified atom stereocenters. The summed E-state index contributed by atoms with van der Waals surface area (Å²) in [7, 11) is 0. The summed E-state index contributed by atoms with van der Waals surface area (Å²) in [6, 6.07) is 3.37. The van der Waals surface area contributed by atoms with Gasteiger partial charge in [-0.2, -0.15) is 18.3 Å². The van der Waals surface area contributed by atoms with Crippen LogP contribution < -0.4 is 0 Å². The number of benzene rings is 1. The monoisotopic (exact) mass is 310 g/mol. The molecule has 0 amide bonds. The van der Waals surface area contributed by atoms with Crippen molar-refractivity contribution in [3.63, 3.8) is 0 Å². The Kier molecular flexibility index (Phi) is 3.85. The third-order valence-corrected chi connectivity index (χ3v) is 4.19. The van der Waals surface area contributed by atoms with Crippen LogP contribution in [-0.2, 0) is 6.18 Å². The van der Waals surface area contributed by atoms with Gasteiger partial charge in [0, 0.05) is 17.3 Å². The Balaban J connectivity index is 1.87. The van der Waals surface area contributed by atoms with Gasteiger partial charge in [0.2, 0.25) is 0 Å². The van der Waals surface area contributed by atoms with E-state index in [2.05, 4.69) is 5.10 Å². The molecule has 118 valence electrons. The van der Waals surface area contributed by atoms with Crippen LogP contribution in [0.3, 0.4) is 0 Å². The number of phenols is 1. The molecule has 1 heterocycles. The van der Waals surface area contributed by atoms with Crippen LogP contribution in [0, 0.1) is 0 Å². The van der Waals surface area contributed by atoms with E-state index in [4.69, 9.17) is 0 Å². The number of aromatic hydroxyl groups is 1. The predicted octanol–water partition coefficient (Wildman–Crippen LogP) is 4.78. The SMILES string of the molecule is Oc1cc(C(F)(F)F)ccc1-c1cnn(C2CCCCC2)c1. The normalized spacial score (nSPS) is 16.9. The Labute approximate surface area is 126 Å². The molecular formula is C16H17F3N2O. The van der Waals surface area contributed by atoms with E-state index < -0.39 is 11.7 Å². The first kappa shape index (κ1) is 14.9. The van der Waals surface area contributed by atoms with Gasteiger partial charge in [0.15, 0.2) is 0 Å². The van der Waals surface area contributed by atoms with Gasteiger partial charge in [0.25, 0.3) is 0 Å². The topological polar surface area (TPSA) is 38.1 Å². The van der Waals surface area contributed by atoms with Crippen molar-refractivity contribution in [2.45, 2.75) is 44.3 Å². The molecule has 0 bridgehead atoms. The van der Waals surface area contributed by atoms with E-state index in [9.17, 15) is 18.3 Å². The van der Waals surface area contributed by atoms with Crippen LogP contribution in [0.25, 0.3) is 11.1 Å². The smallest absolute Gasteiger partial charge is 0.416 e. The summed E-state index contributed by atoms with van der Waals surface area (Å²) in [4.78, 5) is 0. The number of alkyl halides is 3. The Bertz CT molecular complexity index is 658. The summed E-state index contributed by atoms with van der Waals surface area (Å²) in [6.45, 7) is 0. The highest BCUT2D eigenvalue weighted by atomic mass is 19.4. The molecule has 0 atom stereocenters. The molecule has 0 spiro atoms. The van der Waals surface area contributed by atoms with Gasteiger partial charge >= 0.3 is 6.18 Å². The zero-order valence-corrected chi connectivity index (χ0v) is 12.0. The molecule has 2 aromatic rings. The third kappa shape index (κ3) is 2.96. The molecule has 1 N–H and O–H groups in total. The van der Waals surface area contributed by atoms with Crippen LogP contribution in [0.2, 0.25) is 0 Å². The van der Waals surface area contributed by atoms with Gasteiger partial charge in [-0.1, -0.05) is 19.3 Å². The minimum absolute atomic E-state index is 0.346. The quantitative estimate of drug-likeness (QED) is 0.867. The average molecular weight is 310 g/mol. The predicted molar refractivity (Wildman–Crippen MR) is 76.5 cm³/mol. The molecule has 6 heteroatoms. The van der Waals surface area contributed by atoms with Crippen LogP contribution in [0.4, 0.5) is 13.2 Å². The highest BCUT2D eigenvalue weighted by Crippen LogP contribution is 2.37. The molecule has 22 heavy (non-hydrogen) atoms. The van der Waals surface area contributed by atoms with E-state index in [0.717, 1.165) is 25.0 Å². The molecule has 1 aromatic carbocycles. The molecule has 0 aliphatic heterocycles. The Morgan fingerprint density at radius 1 is 1.14 bits per heavy atom. The number of phenolic OH excluding ortho intramolecular Hbond substituents is 1. The molecule has 3 rings (SSSR count). The molecule has 0 saturated heterocycles. The number of halogens is 3. The summed E-state index contributed by atoms with van der Waals surface area (Å²) in [6.07, 6.45) is 4.67. The van der Waals surface area contributed by atoms with Gasteiger partial charge in [-0.15, -0.1) is 0 Å². The van der Waals surface area contributed by atoms with E-state index in [1.165, 1.54) is 25.3 Å². The average Bonchev–Trinajstić information content (AvgIpc) is 2.96. The lowest BCUT2D eigenvalue weighted by Gasteiger charge is -2.21. The fraction of sp³-hybridized carbons (Fsp3) is 0.438. The van der Waals surface area contributed by atoms with E-state index >= 15 is 0 Å². The third-order valence-electron chi connectivity index (χ3n) is 4.19. The standard InChI is InChI=1S/C16H17F3N2O/c17-16(18,19)12-6-7-14(15(22)8-12)11-9-20-21(10-11)13-4-2-1-3-5-13/h6-10,13,22H,1-5H2. The lowest BCUT2D eigenvalue weighted by molar-refractivity contribution is -0.137. The fourth-order valence-electron chi connectivity index (χ4n) is 2.97. The van der Waals surface area contributed by atoms with Crippen molar-refractivity contribution in [3.8, 4) is 16.9 Å². The first-order valence-corrected chi connectivity index (χ1v) is 7.40. The van der Waals surface area contributed by atoms with Crippen LogP contribution >= 0.6 is 0 Å². The number of hydrogen-bond donors (Lipinski definition) is 1. The largest absolute Gasteiger partial charge is 0.507 e. The molecule has 1 fully saturated rings. The molecule has 0 radical (unpaired) electrons. The van der Waals surface area contributed by atoms with Crippen molar-refractivity contribution in [1.29, 1.82) is 0 Å². The van der Waals surface area contributed by atoms with E-state index in [1.54, 1.807) is 12.4 Å². The van der Waals surface area contributed by atoms with Crippen molar-refractivity contribution >= 4 is 0 Å². The lowest BCUT2D eigenvalue weighted by atomic mass is 9.96. The second-order valence-corrected chi connectivity index (χ2v) is 5.73. The van der Waals surface area contributed by atoms with Gasteiger partial charge in [0.1, 0.15) is 5.75 Å². The summed E-state index contributed by atoms with van der Waals surface area (Å²) >= 11 is 0. The van der Waals surface area contributed by atoms with Crippen molar-refractivity contribution in [3.05, 3.63) is 36.2 Å². The van der Waals surface area contributed by atoms with Crippen molar-refractivity contribution in [2.24, 2.45) is 0 Å². The molecule has 1 aliphatic rings. The minimum atomic E-state index is -4.46. The van der Waals surface area contributed by atoms with Crippen molar-refractivity contribution in [1.82, 2.24) is 9.78 Å². The van der Waals surface area contributed by atoms with Gasteiger partial charge in [-0.3, -0.25) is 4.68 Å². The number of nitrogens with zero attached hydrogens (tertiary/aromatic N) is 2. The van der Waals surface area contributed by atoms with Crippen LogP contribution in [0.1, 0.15) is 43.7 Å². The summed E-state index contributed by atoms with van der Waals surface area (Å²) in [5.74, 6) is -0.377. The number of aromatic nitrogens is 2. The fourth-order valence-corrected chi connectivity index (χ4v) is 2.97. The number of hydrogen-bond acceptors (Lipinski definition) is 2. The Morgan fingerprint density at radius 3 is 2.50 bits per heavy atom. The second-order valence-electron chi connectivity index (χ2n) is 5.73. The first-order chi connectivity index (χ1) is 10.4. The molecule has 1 saturated carbocycles. The zero-order valence-electron chi connectivity index (χ0n) is 12.0. The molecular weight excluding hydrogens is 293 g/mol. The first-order valence-electron chi connectivity index (χ1n) is 7.40. The number of rotatable bonds is 2. The maximum Gasteiger partial charge on any atom is 0.416 e. The summed E-state index contributed by atoms with van der Waals surface area (Å²) < 4.78 is 39.7. The van der Waals surface area contributed by atoms with E-state index in [-0.39, 0.29) is 5.75 Å².